The second-order valence-corrected chi connectivity index (χ2v) is 4.97. The van der Waals surface area contributed by atoms with Crippen molar-refractivity contribution >= 4 is 12.6 Å². The monoisotopic (exact) mass is 312 g/mol. The van der Waals surface area contributed by atoms with Gasteiger partial charge in [-0.25, -0.2) is 9.98 Å². The van der Waals surface area contributed by atoms with Gasteiger partial charge in [0.2, 0.25) is 0 Å². The number of aromatic nitrogens is 1. The molecular formula is C15H19F3N4. The van der Waals surface area contributed by atoms with Gasteiger partial charge in [-0.2, -0.15) is 13.2 Å². The van der Waals surface area contributed by atoms with Crippen molar-refractivity contribution in [1.82, 2.24) is 10.3 Å². The first-order valence-electron chi connectivity index (χ1n) is 6.70. The van der Waals surface area contributed by atoms with Gasteiger partial charge >= 0.3 is 6.18 Å². The maximum atomic E-state index is 12.5. The number of amidine groups is 1. The molecule has 0 aliphatic carbocycles. The Balaban J connectivity index is 2.79. The molecule has 7 heteroatoms. The number of hydrogen-bond donors (Lipinski definition) is 1. The van der Waals surface area contributed by atoms with Gasteiger partial charge in [0.25, 0.3) is 0 Å². The summed E-state index contributed by atoms with van der Waals surface area (Å²) in [6.07, 6.45) is -2.18. The summed E-state index contributed by atoms with van der Waals surface area (Å²) in [5, 5.41) is 3.17. The first-order valence-corrected chi connectivity index (χ1v) is 6.70. The number of nitrogens with zero attached hydrogens (tertiary/aromatic N) is 3. The van der Waals surface area contributed by atoms with Gasteiger partial charge in [0.1, 0.15) is 5.84 Å². The highest BCUT2D eigenvalue weighted by Crippen LogP contribution is 2.28. The molecule has 1 aromatic heterocycles. The van der Waals surface area contributed by atoms with Crippen LogP contribution in [0.3, 0.4) is 0 Å². The zero-order valence-electron chi connectivity index (χ0n) is 12.6. The van der Waals surface area contributed by atoms with Crippen LogP contribution in [0.15, 0.2) is 41.1 Å². The van der Waals surface area contributed by atoms with E-state index in [2.05, 4.69) is 33.6 Å². The fraction of sp³-hybridized carbons (Fsp3) is 0.400. The Morgan fingerprint density at radius 2 is 2.09 bits per heavy atom. The molecule has 0 aliphatic heterocycles. The van der Waals surface area contributed by atoms with Gasteiger partial charge in [0.05, 0.1) is 17.3 Å². The Morgan fingerprint density at radius 3 is 2.50 bits per heavy atom. The average molecular weight is 312 g/mol. The van der Waals surface area contributed by atoms with E-state index in [0.29, 0.717) is 18.1 Å². The van der Waals surface area contributed by atoms with Crippen molar-refractivity contribution < 1.29 is 13.2 Å². The van der Waals surface area contributed by atoms with Crippen molar-refractivity contribution in [3.8, 4) is 0 Å². The van der Waals surface area contributed by atoms with E-state index in [4.69, 9.17) is 0 Å². The number of nitrogens with one attached hydrogen (secondary N) is 1. The van der Waals surface area contributed by atoms with Crippen molar-refractivity contribution in [2.75, 3.05) is 0 Å². The molecule has 1 atom stereocenters. The summed E-state index contributed by atoms with van der Waals surface area (Å²) in [4.78, 5) is 11.7. The molecule has 22 heavy (non-hydrogen) atoms. The van der Waals surface area contributed by atoms with Crippen LogP contribution in [0.25, 0.3) is 0 Å². The Labute approximate surface area is 127 Å². The summed E-state index contributed by atoms with van der Waals surface area (Å²) in [6, 6.07) is 2.16. The van der Waals surface area contributed by atoms with Crippen molar-refractivity contribution in [2.45, 2.75) is 32.6 Å². The van der Waals surface area contributed by atoms with E-state index in [1.807, 2.05) is 13.8 Å². The lowest BCUT2D eigenvalue weighted by molar-refractivity contribution is -0.137. The van der Waals surface area contributed by atoms with Gasteiger partial charge in [-0.3, -0.25) is 4.98 Å². The lowest BCUT2D eigenvalue weighted by Gasteiger charge is -2.21. The number of pyridine rings is 1. The second-order valence-electron chi connectivity index (χ2n) is 4.97. The molecule has 120 valence electrons. The summed E-state index contributed by atoms with van der Waals surface area (Å²) in [5.41, 5.74) is -0.265. The molecule has 0 aliphatic rings. The lowest BCUT2D eigenvalue weighted by Crippen LogP contribution is -2.40. The zero-order chi connectivity index (χ0) is 16.8. The maximum absolute atomic E-state index is 12.5. The molecule has 0 saturated heterocycles. The molecule has 0 radical (unpaired) electrons. The maximum Gasteiger partial charge on any atom is 0.417 e. The number of halogens is 3. The normalized spacial score (nSPS) is 14.0. The third-order valence-electron chi connectivity index (χ3n) is 2.99. The standard InChI is InChI=1S/C15H19F3N4/c1-5-20-14(19-4)13(10(2)3)22-9-12-7-6-11(8-21-12)15(16,17)18/h5-8,10,13,22H,1,4,9H2,2-3H3. The molecule has 1 N–H and O–H groups in total. The summed E-state index contributed by atoms with van der Waals surface area (Å²) in [6.45, 7) is 11.2. The minimum absolute atomic E-state index is 0.165. The summed E-state index contributed by atoms with van der Waals surface area (Å²) in [5.74, 6) is 0.649. The predicted octanol–water partition coefficient (Wildman–Crippen LogP) is 3.46. The quantitative estimate of drug-likeness (QED) is 0.646. The van der Waals surface area contributed by atoms with E-state index >= 15 is 0 Å². The highest BCUT2D eigenvalue weighted by atomic mass is 19.4. The van der Waals surface area contributed by atoms with Crippen LogP contribution < -0.4 is 5.32 Å². The van der Waals surface area contributed by atoms with E-state index < -0.39 is 11.7 Å². The van der Waals surface area contributed by atoms with Crippen molar-refractivity contribution in [3.63, 3.8) is 0 Å². The second kappa shape index (κ2) is 7.84. The zero-order valence-corrected chi connectivity index (χ0v) is 12.6. The number of hydrogen-bond acceptors (Lipinski definition) is 3. The highest BCUT2D eigenvalue weighted by Gasteiger charge is 2.30. The molecule has 0 bridgehead atoms. The Bertz CT molecular complexity index is 533. The fourth-order valence-corrected chi connectivity index (χ4v) is 1.85. The molecule has 1 rings (SSSR count). The molecule has 0 aromatic carbocycles. The molecule has 0 saturated carbocycles. The van der Waals surface area contributed by atoms with Gasteiger partial charge < -0.3 is 5.32 Å². The summed E-state index contributed by atoms with van der Waals surface area (Å²) >= 11 is 0. The van der Waals surface area contributed by atoms with Crippen molar-refractivity contribution in [2.24, 2.45) is 15.9 Å². The predicted molar refractivity (Wildman–Crippen MR) is 81.9 cm³/mol. The van der Waals surface area contributed by atoms with E-state index in [9.17, 15) is 13.2 Å². The van der Waals surface area contributed by atoms with E-state index in [1.165, 1.54) is 12.3 Å². The van der Waals surface area contributed by atoms with E-state index in [-0.39, 0.29) is 12.0 Å². The SMILES string of the molecule is C=CN=C(N=C)C(NCc1ccc(C(F)(F)F)cn1)C(C)C. The molecule has 1 aromatic rings. The van der Waals surface area contributed by atoms with Gasteiger partial charge in [0, 0.05) is 18.9 Å². The summed E-state index contributed by atoms with van der Waals surface area (Å²) < 4.78 is 37.4. The van der Waals surface area contributed by atoms with Crippen molar-refractivity contribution in [1.29, 1.82) is 0 Å². The van der Waals surface area contributed by atoms with Crippen LogP contribution in [-0.4, -0.2) is 23.6 Å². The van der Waals surface area contributed by atoms with Gasteiger partial charge in [-0.05, 0) is 24.8 Å². The smallest absolute Gasteiger partial charge is 0.301 e. The molecule has 0 fully saturated rings. The third kappa shape index (κ3) is 5.07. The number of rotatable bonds is 6. The number of aliphatic imine (C=N–C) groups is 2. The van der Waals surface area contributed by atoms with Crippen LogP contribution >= 0.6 is 0 Å². The minimum atomic E-state index is -4.38. The average Bonchev–Trinajstić information content (AvgIpc) is 2.45. The first-order chi connectivity index (χ1) is 10.3. The summed E-state index contributed by atoms with van der Waals surface area (Å²) in [7, 11) is 0. The lowest BCUT2D eigenvalue weighted by atomic mass is 10.0. The highest BCUT2D eigenvalue weighted by molar-refractivity contribution is 5.91. The number of alkyl halides is 3. The van der Waals surface area contributed by atoms with Gasteiger partial charge in [0.15, 0.2) is 0 Å². The van der Waals surface area contributed by atoms with Crippen LogP contribution in [0.1, 0.15) is 25.1 Å². The molecule has 1 heterocycles. The van der Waals surface area contributed by atoms with Crippen LogP contribution in [0.2, 0.25) is 0 Å². The van der Waals surface area contributed by atoms with Gasteiger partial charge in [-0.15, -0.1) is 0 Å². The molecule has 1 unspecified atom stereocenters. The molecule has 4 nitrogen and oxygen atoms in total. The Hall–Kier alpha value is -2.02. The van der Waals surface area contributed by atoms with E-state index in [1.54, 1.807) is 0 Å². The van der Waals surface area contributed by atoms with Crippen LogP contribution in [0.4, 0.5) is 13.2 Å². The molecule has 0 amide bonds. The Kier molecular flexibility index (Phi) is 6.42. The van der Waals surface area contributed by atoms with E-state index in [0.717, 1.165) is 12.3 Å². The van der Waals surface area contributed by atoms with Crippen LogP contribution in [0.5, 0.6) is 0 Å². The first kappa shape index (κ1) is 18.0. The molecule has 0 spiro atoms. The molecular weight excluding hydrogens is 293 g/mol. The van der Waals surface area contributed by atoms with Crippen LogP contribution in [0, 0.1) is 5.92 Å². The topological polar surface area (TPSA) is 49.6 Å². The minimum Gasteiger partial charge on any atom is -0.301 e. The van der Waals surface area contributed by atoms with Gasteiger partial charge in [-0.1, -0.05) is 20.4 Å². The third-order valence-corrected chi connectivity index (χ3v) is 2.99. The van der Waals surface area contributed by atoms with Crippen molar-refractivity contribution in [3.05, 3.63) is 42.4 Å². The largest absolute Gasteiger partial charge is 0.417 e. The fourth-order valence-electron chi connectivity index (χ4n) is 1.85. The Morgan fingerprint density at radius 1 is 1.41 bits per heavy atom. The van der Waals surface area contributed by atoms with Crippen LogP contribution in [-0.2, 0) is 12.7 Å².